The summed E-state index contributed by atoms with van der Waals surface area (Å²) in [6.45, 7) is 7.02. The molecule has 0 bridgehead atoms. The summed E-state index contributed by atoms with van der Waals surface area (Å²) in [5.74, 6) is 0.929. The Labute approximate surface area is 98.0 Å². The van der Waals surface area contributed by atoms with Crippen LogP contribution in [0.5, 0.6) is 0 Å². The first-order valence-electron chi connectivity index (χ1n) is 5.88. The van der Waals surface area contributed by atoms with Gasteiger partial charge in [-0.05, 0) is 53.9 Å². The highest BCUT2D eigenvalue weighted by Crippen LogP contribution is 2.11. The van der Waals surface area contributed by atoms with Crippen LogP contribution in [-0.4, -0.2) is 37.2 Å². The number of unbranched alkanes of at least 4 members (excludes halogenated alkanes) is 1. The molecule has 0 spiro atoms. The van der Waals surface area contributed by atoms with Gasteiger partial charge in [-0.15, -0.1) is 0 Å². The zero-order valence-corrected chi connectivity index (χ0v) is 10.8. The minimum Gasteiger partial charge on any atom is -0.361 e. The molecule has 0 aliphatic rings. The third-order valence-electron chi connectivity index (χ3n) is 2.69. The molecule has 0 atom stereocenters. The van der Waals surface area contributed by atoms with Gasteiger partial charge in [0.2, 0.25) is 0 Å². The molecule has 0 saturated carbocycles. The molecule has 1 aromatic rings. The van der Waals surface area contributed by atoms with Crippen molar-refractivity contribution in [1.82, 2.24) is 15.4 Å². The number of nitrogens with zero attached hydrogens (tertiary/aromatic N) is 2. The second kappa shape index (κ2) is 6.66. The topological polar surface area (TPSA) is 41.3 Å². The molecule has 0 saturated heterocycles. The van der Waals surface area contributed by atoms with Crippen LogP contribution in [0.15, 0.2) is 4.52 Å². The normalized spacial score (nSPS) is 11.3. The Hall–Kier alpha value is -0.870. The average Bonchev–Trinajstić information content (AvgIpc) is 2.53. The smallest absolute Gasteiger partial charge is 0.138 e. The van der Waals surface area contributed by atoms with E-state index in [0.717, 1.165) is 31.1 Å². The van der Waals surface area contributed by atoms with E-state index in [-0.39, 0.29) is 0 Å². The van der Waals surface area contributed by atoms with E-state index in [2.05, 4.69) is 29.5 Å². The Morgan fingerprint density at radius 1 is 1.25 bits per heavy atom. The highest BCUT2D eigenvalue weighted by atomic mass is 16.5. The molecule has 16 heavy (non-hydrogen) atoms. The average molecular weight is 225 g/mol. The van der Waals surface area contributed by atoms with E-state index in [4.69, 9.17) is 4.52 Å². The van der Waals surface area contributed by atoms with E-state index in [1.165, 1.54) is 18.4 Å². The van der Waals surface area contributed by atoms with Gasteiger partial charge in [-0.3, -0.25) is 0 Å². The minimum absolute atomic E-state index is 0.864. The third-order valence-corrected chi connectivity index (χ3v) is 2.69. The van der Waals surface area contributed by atoms with Gasteiger partial charge in [0.25, 0.3) is 0 Å². The maximum Gasteiger partial charge on any atom is 0.138 e. The molecular formula is C12H23N3O. The molecular weight excluding hydrogens is 202 g/mol. The largest absolute Gasteiger partial charge is 0.361 e. The van der Waals surface area contributed by atoms with Gasteiger partial charge in [-0.25, -0.2) is 0 Å². The van der Waals surface area contributed by atoms with Gasteiger partial charge < -0.3 is 14.7 Å². The highest BCUT2D eigenvalue weighted by molar-refractivity contribution is 5.20. The van der Waals surface area contributed by atoms with Gasteiger partial charge in [-0.2, -0.15) is 0 Å². The Bertz CT molecular complexity index is 288. The van der Waals surface area contributed by atoms with Gasteiger partial charge in [0.05, 0.1) is 5.69 Å². The van der Waals surface area contributed by atoms with Crippen LogP contribution in [0.1, 0.15) is 29.9 Å². The molecule has 1 rings (SSSR count). The lowest BCUT2D eigenvalue weighted by molar-refractivity contribution is 0.389. The lowest BCUT2D eigenvalue weighted by Crippen LogP contribution is -2.18. The van der Waals surface area contributed by atoms with Gasteiger partial charge in [0.15, 0.2) is 0 Å². The Kier molecular flexibility index (Phi) is 5.49. The Morgan fingerprint density at radius 3 is 2.56 bits per heavy atom. The van der Waals surface area contributed by atoms with Crippen molar-refractivity contribution in [2.24, 2.45) is 0 Å². The monoisotopic (exact) mass is 225 g/mol. The number of hydrogen-bond acceptors (Lipinski definition) is 4. The van der Waals surface area contributed by atoms with Gasteiger partial charge >= 0.3 is 0 Å². The molecule has 4 nitrogen and oxygen atoms in total. The maximum absolute atomic E-state index is 5.11. The highest BCUT2D eigenvalue weighted by Gasteiger charge is 2.07. The number of rotatable bonds is 7. The van der Waals surface area contributed by atoms with Crippen molar-refractivity contribution in [2.45, 2.75) is 33.2 Å². The first kappa shape index (κ1) is 13.2. The van der Waals surface area contributed by atoms with E-state index >= 15 is 0 Å². The van der Waals surface area contributed by atoms with Gasteiger partial charge in [-0.1, -0.05) is 5.16 Å². The van der Waals surface area contributed by atoms with Crippen molar-refractivity contribution >= 4 is 0 Å². The summed E-state index contributed by atoms with van der Waals surface area (Å²) >= 11 is 0. The zero-order chi connectivity index (χ0) is 12.0. The van der Waals surface area contributed by atoms with E-state index in [0.29, 0.717) is 0 Å². The van der Waals surface area contributed by atoms with Crippen LogP contribution >= 0.6 is 0 Å². The molecule has 1 aromatic heterocycles. The van der Waals surface area contributed by atoms with E-state index in [9.17, 15) is 0 Å². The number of nitrogens with one attached hydrogen (secondary N) is 1. The predicted octanol–water partition coefficient (Wildman–Crippen LogP) is 1.72. The first-order chi connectivity index (χ1) is 7.61. The van der Waals surface area contributed by atoms with Crippen LogP contribution in [0.4, 0.5) is 0 Å². The second-order valence-corrected chi connectivity index (χ2v) is 4.49. The van der Waals surface area contributed by atoms with Crippen LogP contribution in [0.3, 0.4) is 0 Å². The summed E-state index contributed by atoms with van der Waals surface area (Å²) in [6, 6.07) is 0. The van der Waals surface area contributed by atoms with Crippen LogP contribution in [-0.2, 0) is 6.54 Å². The molecule has 0 fully saturated rings. The summed E-state index contributed by atoms with van der Waals surface area (Å²) in [7, 11) is 4.22. The number of aryl methyl sites for hydroxylation is 2. The fourth-order valence-electron chi connectivity index (χ4n) is 1.65. The van der Waals surface area contributed by atoms with Crippen molar-refractivity contribution < 1.29 is 4.52 Å². The fraction of sp³-hybridized carbons (Fsp3) is 0.750. The third kappa shape index (κ3) is 4.33. The van der Waals surface area contributed by atoms with Crippen molar-refractivity contribution in [3.63, 3.8) is 0 Å². The number of hydrogen-bond donors (Lipinski definition) is 1. The quantitative estimate of drug-likeness (QED) is 0.717. The Morgan fingerprint density at radius 2 is 2.00 bits per heavy atom. The number of aromatic nitrogens is 1. The van der Waals surface area contributed by atoms with Crippen molar-refractivity contribution in [3.8, 4) is 0 Å². The lowest BCUT2D eigenvalue weighted by Gasteiger charge is -2.09. The maximum atomic E-state index is 5.11. The van der Waals surface area contributed by atoms with Crippen LogP contribution in [0.25, 0.3) is 0 Å². The molecule has 0 unspecified atom stereocenters. The SMILES string of the molecule is Cc1noc(C)c1CNCCCCN(C)C. The molecule has 0 aliphatic carbocycles. The summed E-state index contributed by atoms with van der Waals surface area (Å²) in [5, 5.41) is 7.36. The van der Waals surface area contributed by atoms with Crippen molar-refractivity contribution in [1.29, 1.82) is 0 Å². The van der Waals surface area contributed by atoms with Gasteiger partial charge in [0.1, 0.15) is 5.76 Å². The molecule has 0 amide bonds. The standard InChI is InChI=1S/C12H23N3O/c1-10-12(11(2)16-14-10)9-13-7-5-6-8-15(3)4/h13H,5-9H2,1-4H3. The predicted molar refractivity (Wildman–Crippen MR) is 65.5 cm³/mol. The summed E-state index contributed by atoms with van der Waals surface area (Å²) in [5.41, 5.74) is 2.20. The van der Waals surface area contributed by atoms with Crippen molar-refractivity contribution in [3.05, 3.63) is 17.0 Å². The molecule has 0 aliphatic heterocycles. The van der Waals surface area contributed by atoms with Crippen LogP contribution in [0, 0.1) is 13.8 Å². The molecule has 1 N–H and O–H groups in total. The molecule has 0 radical (unpaired) electrons. The van der Waals surface area contributed by atoms with Crippen LogP contribution in [0.2, 0.25) is 0 Å². The zero-order valence-electron chi connectivity index (χ0n) is 10.8. The molecule has 0 aromatic carbocycles. The van der Waals surface area contributed by atoms with Crippen LogP contribution < -0.4 is 5.32 Å². The first-order valence-corrected chi connectivity index (χ1v) is 5.88. The molecule has 1 heterocycles. The van der Waals surface area contributed by atoms with E-state index < -0.39 is 0 Å². The molecule has 4 heteroatoms. The van der Waals surface area contributed by atoms with Gasteiger partial charge in [0, 0.05) is 12.1 Å². The minimum atomic E-state index is 0.864. The summed E-state index contributed by atoms with van der Waals surface area (Å²) in [6.07, 6.45) is 2.45. The van der Waals surface area contributed by atoms with E-state index in [1.807, 2.05) is 13.8 Å². The summed E-state index contributed by atoms with van der Waals surface area (Å²) < 4.78 is 5.11. The lowest BCUT2D eigenvalue weighted by atomic mass is 10.2. The fourth-order valence-corrected chi connectivity index (χ4v) is 1.65. The van der Waals surface area contributed by atoms with E-state index in [1.54, 1.807) is 0 Å². The second-order valence-electron chi connectivity index (χ2n) is 4.49. The van der Waals surface area contributed by atoms with Crippen molar-refractivity contribution in [2.75, 3.05) is 27.2 Å². The Balaban J connectivity index is 2.12. The summed E-state index contributed by atoms with van der Waals surface area (Å²) in [4.78, 5) is 2.22. The molecule has 92 valence electrons.